The van der Waals surface area contributed by atoms with Gasteiger partial charge in [0.1, 0.15) is 11.3 Å². The summed E-state index contributed by atoms with van der Waals surface area (Å²) in [7, 11) is 0. The molecule has 0 radical (unpaired) electrons. The molecule has 1 aliphatic rings. The van der Waals surface area contributed by atoms with Crippen LogP contribution in [-0.2, 0) is 0 Å². The third kappa shape index (κ3) is 3.39. The highest BCUT2D eigenvalue weighted by Gasteiger charge is 2.22. The summed E-state index contributed by atoms with van der Waals surface area (Å²) >= 11 is 0. The first kappa shape index (κ1) is 16.0. The fourth-order valence-electron chi connectivity index (χ4n) is 3.38. The molecule has 2 aromatic heterocycles. The predicted molar refractivity (Wildman–Crippen MR) is 91.7 cm³/mol. The van der Waals surface area contributed by atoms with Crippen molar-refractivity contribution in [2.75, 3.05) is 19.6 Å². The number of rotatable bonds is 4. The van der Waals surface area contributed by atoms with Crippen LogP contribution >= 0.6 is 0 Å². The number of nitrogens with zero attached hydrogens (tertiary/aromatic N) is 3. The van der Waals surface area contributed by atoms with Gasteiger partial charge in [0, 0.05) is 18.8 Å². The largest absolute Gasteiger partial charge is 0.350 e. The predicted octanol–water partition coefficient (Wildman–Crippen LogP) is 2.49. The molecule has 5 nitrogen and oxygen atoms in total. The van der Waals surface area contributed by atoms with Gasteiger partial charge in [-0.15, -0.1) is 0 Å². The van der Waals surface area contributed by atoms with E-state index in [1.54, 1.807) is 0 Å². The Bertz CT molecular complexity index is 683. The van der Waals surface area contributed by atoms with Crippen molar-refractivity contribution < 1.29 is 4.79 Å². The number of hydrogen-bond acceptors (Lipinski definition) is 3. The third-order valence-corrected chi connectivity index (χ3v) is 4.85. The van der Waals surface area contributed by atoms with Crippen molar-refractivity contribution in [3.63, 3.8) is 0 Å². The van der Waals surface area contributed by atoms with Crippen LogP contribution in [0, 0.1) is 12.8 Å². The van der Waals surface area contributed by atoms with Gasteiger partial charge < -0.3 is 10.2 Å². The lowest BCUT2D eigenvalue weighted by molar-refractivity contribution is 0.0923. The van der Waals surface area contributed by atoms with E-state index in [-0.39, 0.29) is 5.91 Å². The monoisotopic (exact) mass is 314 g/mol. The molecule has 2 aromatic rings. The topological polar surface area (TPSA) is 49.6 Å². The van der Waals surface area contributed by atoms with Crippen molar-refractivity contribution in [3.05, 3.63) is 35.8 Å². The first-order valence-corrected chi connectivity index (χ1v) is 8.52. The SMILES string of the molecule is Cc1nc2ccccn2c1C(=O)NCC1CCN(C(C)C)CC1. The molecule has 23 heavy (non-hydrogen) atoms. The van der Waals surface area contributed by atoms with E-state index in [9.17, 15) is 4.79 Å². The van der Waals surface area contributed by atoms with Gasteiger partial charge in [0.25, 0.3) is 5.91 Å². The van der Waals surface area contributed by atoms with Crippen LogP contribution in [0.5, 0.6) is 0 Å². The molecule has 0 spiro atoms. The van der Waals surface area contributed by atoms with Crippen LogP contribution in [0.1, 0.15) is 42.9 Å². The number of fused-ring (bicyclic) bond motifs is 1. The summed E-state index contributed by atoms with van der Waals surface area (Å²) in [6.45, 7) is 9.40. The van der Waals surface area contributed by atoms with Gasteiger partial charge in [-0.1, -0.05) is 6.07 Å². The van der Waals surface area contributed by atoms with Crippen molar-refractivity contribution in [3.8, 4) is 0 Å². The van der Waals surface area contributed by atoms with Crippen molar-refractivity contribution in [2.24, 2.45) is 5.92 Å². The number of nitrogens with one attached hydrogen (secondary N) is 1. The Labute approximate surface area is 137 Å². The van der Waals surface area contributed by atoms with Gasteiger partial charge in [0.05, 0.1) is 5.69 Å². The van der Waals surface area contributed by atoms with Crippen LogP contribution in [-0.4, -0.2) is 45.9 Å². The molecule has 0 aromatic carbocycles. The second-order valence-corrected chi connectivity index (χ2v) is 6.76. The highest BCUT2D eigenvalue weighted by molar-refractivity contribution is 5.94. The number of likely N-dealkylation sites (tertiary alicyclic amines) is 1. The molecule has 3 rings (SSSR count). The lowest BCUT2D eigenvalue weighted by Crippen LogP contribution is -2.41. The van der Waals surface area contributed by atoms with Gasteiger partial charge in [0.15, 0.2) is 0 Å². The number of pyridine rings is 1. The van der Waals surface area contributed by atoms with E-state index < -0.39 is 0 Å². The van der Waals surface area contributed by atoms with E-state index in [0.29, 0.717) is 17.7 Å². The smallest absolute Gasteiger partial charge is 0.270 e. The van der Waals surface area contributed by atoms with Gasteiger partial charge in [-0.05, 0) is 64.8 Å². The van der Waals surface area contributed by atoms with Gasteiger partial charge in [-0.25, -0.2) is 4.98 Å². The van der Waals surface area contributed by atoms with Crippen LogP contribution < -0.4 is 5.32 Å². The molecule has 1 N–H and O–H groups in total. The quantitative estimate of drug-likeness (QED) is 0.943. The third-order valence-electron chi connectivity index (χ3n) is 4.85. The Morgan fingerprint density at radius 2 is 2.09 bits per heavy atom. The molecule has 0 aliphatic carbocycles. The Hall–Kier alpha value is -1.88. The first-order valence-electron chi connectivity index (χ1n) is 8.52. The number of aromatic nitrogens is 2. The summed E-state index contributed by atoms with van der Waals surface area (Å²) in [4.78, 5) is 19.5. The maximum absolute atomic E-state index is 12.6. The average molecular weight is 314 g/mol. The molecular formula is C18H26N4O. The fourth-order valence-corrected chi connectivity index (χ4v) is 3.38. The summed E-state index contributed by atoms with van der Waals surface area (Å²) in [6, 6.07) is 6.40. The van der Waals surface area contributed by atoms with E-state index in [1.807, 2.05) is 35.7 Å². The first-order chi connectivity index (χ1) is 11.1. The molecule has 124 valence electrons. The van der Waals surface area contributed by atoms with Gasteiger partial charge >= 0.3 is 0 Å². The minimum atomic E-state index is -0.0208. The number of aryl methyl sites for hydroxylation is 1. The van der Waals surface area contributed by atoms with Gasteiger partial charge in [-0.2, -0.15) is 0 Å². The van der Waals surface area contributed by atoms with Crippen molar-refractivity contribution in [2.45, 2.75) is 39.7 Å². The van der Waals surface area contributed by atoms with Crippen LogP contribution in [0.4, 0.5) is 0 Å². The molecule has 1 fully saturated rings. The zero-order valence-electron chi connectivity index (χ0n) is 14.2. The molecule has 0 atom stereocenters. The Kier molecular flexibility index (Phi) is 4.66. The summed E-state index contributed by atoms with van der Waals surface area (Å²) in [5.74, 6) is 0.556. The molecule has 0 saturated carbocycles. The molecule has 3 heterocycles. The van der Waals surface area contributed by atoms with E-state index >= 15 is 0 Å². The maximum atomic E-state index is 12.6. The van der Waals surface area contributed by atoms with Crippen LogP contribution in [0.3, 0.4) is 0 Å². The van der Waals surface area contributed by atoms with Crippen molar-refractivity contribution >= 4 is 11.6 Å². The van der Waals surface area contributed by atoms with E-state index in [4.69, 9.17) is 0 Å². The highest BCUT2D eigenvalue weighted by Crippen LogP contribution is 2.18. The number of amides is 1. The summed E-state index contributed by atoms with van der Waals surface area (Å²) in [5.41, 5.74) is 2.25. The summed E-state index contributed by atoms with van der Waals surface area (Å²) < 4.78 is 1.87. The zero-order chi connectivity index (χ0) is 16.4. The summed E-state index contributed by atoms with van der Waals surface area (Å²) in [6.07, 6.45) is 4.21. The number of imidazole rings is 1. The average Bonchev–Trinajstić information content (AvgIpc) is 2.88. The molecule has 0 unspecified atom stereocenters. The fraction of sp³-hybridized carbons (Fsp3) is 0.556. The normalized spacial score (nSPS) is 17.0. The lowest BCUT2D eigenvalue weighted by Gasteiger charge is -2.34. The van der Waals surface area contributed by atoms with Gasteiger partial charge in [0.2, 0.25) is 0 Å². The minimum Gasteiger partial charge on any atom is -0.350 e. The second kappa shape index (κ2) is 6.71. The van der Waals surface area contributed by atoms with Crippen LogP contribution in [0.25, 0.3) is 5.65 Å². The summed E-state index contributed by atoms with van der Waals surface area (Å²) in [5, 5.41) is 3.11. The van der Waals surface area contributed by atoms with E-state index in [1.165, 1.54) is 0 Å². The van der Waals surface area contributed by atoms with Crippen LogP contribution in [0.2, 0.25) is 0 Å². The van der Waals surface area contributed by atoms with Crippen molar-refractivity contribution in [1.29, 1.82) is 0 Å². The zero-order valence-corrected chi connectivity index (χ0v) is 14.2. The molecule has 1 aliphatic heterocycles. The van der Waals surface area contributed by atoms with E-state index in [2.05, 4.69) is 29.0 Å². The molecule has 1 amide bonds. The molecule has 0 bridgehead atoms. The standard InChI is InChI=1S/C18H26N4O/c1-13(2)21-10-7-15(8-11-21)12-19-18(23)17-14(3)20-16-6-4-5-9-22(16)17/h4-6,9,13,15H,7-8,10-12H2,1-3H3,(H,19,23). The molecule has 5 heteroatoms. The Morgan fingerprint density at radius 1 is 1.35 bits per heavy atom. The minimum absolute atomic E-state index is 0.0208. The maximum Gasteiger partial charge on any atom is 0.270 e. The molecule has 1 saturated heterocycles. The van der Waals surface area contributed by atoms with Crippen molar-refractivity contribution in [1.82, 2.24) is 19.6 Å². The van der Waals surface area contributed by atoms with Gasteiger partial charge in [-0.3, -0.25) is 9.20 Å². The Balaban J connectivity index is 1.60. The highest BCUT2D eigenvalue weighted by atomic mass is 16.1. The number of piperidine rings is 1. The Morgan fingerprint density at radius 3 is 2.78 bits per heavy atom. The molecular weight excluding hydrogens is 288 g/mol. The second-order valence-electron chi connectivity index (χ2n) is 6.76. The number of carbonyl (C=O) groups excluding carboxylic acids is 1. The van der Waals surface area contributed by atoms with Crippen LogP contribution in [0.15, 0.2) is 24.4 Å². The van der Waals surface area contributed by atoms with E-state index in [0.717, 1.165) is 43.8 Å². The lowest BCUT2D eigenvalue weighted by atomic mass is 9.96. The number of carbonyl (C=O) groups is 1. The number of hydrogen-bond donors (Lipinski definition) is 1.